The Morgan fingerprint density at radius 2 is 2.10 bits per heavy atom. The minimum atomic E-state index is -0.232. The molecule has 1 aromatic heterocycles. The van der Waals surface area contributed by atoms with Crippen LogP contribution in [0, 0.1) is 13.8 Å². The van der Waals surface area contributed by atoms with Crippen molar-refractivity contribution in [1.29, 1.82) is 0 Å². The third-order valence-corrected chi connectivity index (χ3v) is 3.71. The quantitative estimate of drug-likeness (QED) is 0.853. The lowest BCUT2D eigenvalue weighted by molar-refractivity contribution is -0.137. The lowest BCUT2D eigenvalue weighted by Gasteiger charge is -2.26. The molecule has 0 aliphatic carbocycles. The molecule has 1 aliphatic heterocycles. The maximum Gasteiger partial charge on any atom is 0.253 e. The van der Waals surface area contributed by atoms with Gasteiger partial charge in [-0.1, -0.05) is 0 Å². The van der Waals surface area contributed by atoms with Crippen LogP contribution in [0.4, 0.5) is 0 Å². The van der Waals surface area contributed by atoms with Gasteiger partial charge in [0.15, 0.2) is 0 Å². The highest BCUT2D eigenvalue weighted by molar-refractivity contribution is 5.85. The normalized spacial score (nSPS) is 15.1. The third-order valence-electron chi connectivity index (χ3n) is 3.71. The number of rotatable bonds is 4. The highest BCUT2D eigenvalue weighted by Gasteiger charge is 2.20. The molecule has 0 aromatic carbocycles. The number of H-pyrrole nitrogens is 1. The molecule has 2 amide bonds. The van der Waals surface area contributed by atoms with Crippen LogP contribution in [0.2, 0.25) is 0 Å². The molecule has 1 fully saturated rings. The van der Waals surface area contributed by atoms with Gasteiger partial charge >= 0.3 is 0 Å². The molecule has 114 valence electrons. The van der Waals surface area contributed by atoms with Crippen molar-refractivity contribution in [1.82, 2.24) is 15.2 Å². The summed E-state index contributed by atoms with van der Waals surface area (Å²) in [5, 5.41) is 2.72. The number of aromatic amines is 1. The molecule has 0 spiro atoms. The van der Waals surface area contributed by atoms with Crippen molar-refractivity contribution < 1.29 is 9.59 Å². The van der Waals surface area contributed by atoms with Crippen LogP contribution in [0.5, 0.6) is 0 Å². The van der Waals surface area contributed by atoms with Crippen LogP contribution in [0.25, 0.3) is 0 Å². The number of hydrogen-bond donors (Lipinski definition) is 2. The largest absolute Gasteiger partial charge is 0.350 e. The Hall–Kier alpha value is -2.11. The van der Waals surface area contributed by atoms with Gasteiger partial charge in [0.25, 0.3) is 5.56 Å². The molecular formula is C15H21N3O3. The molecule has 6 nitrogen and oxygen atoms in total. The minimum absolute atomic E-state index is 0.0285. The van der Waals surface area contributed by atoms with Gasteiger partial charge in [0.2, 0.25) is 11.8 Å². The van der Waals surface area contributed by atoms with E-state index in [9.17, 15) is 14.4 Å². The highest BCUT2D eigenvalue weighted by atomic mass is 16.2. The minimum Gasteiger partial charge on any atom is -0.350 e. The molecule has 0 bridgehead atoms. The standard InChI is InChI=1S/C15H21N3O3/c1-10-7-11(2)17-15(21)12(10)8-16-13(19)9-18-6-4-3-5-14(18)20/h7H,3-6,8-9H2,1-2H3,(H,16,19)(H,17,21). The zero-order valence-corrected chi connectivity index (χ0v) is 12.5. The Morgan fingerprint density at radius 3 is 2.76 bits per heavy atom. The summed E-state index contributed by atoms with van der Waals surface area (Å²) in [6.07, 6.45) is 2.36. The lowest BCUT2D eigenvalue weighted by atomic mass is 10.1. The second kappa shape index (κ2) is 6.56. The maximum absolute atomic E-state index is 11.9. The molecule has 2 heterocycles. The summed E-state index contributed by atoms with van der Waals surface area (Å²) in [7, 11) is 0. The third kappa shape index (κ3) is 3.93. The Bertz CT molecular complexity index is 607. The molecule has 1 aromatic rings. The molecule has 2 rings (SSSR count). The second-order valence-electron chi connectivity index (χ2n) is 5.49. The van der Waals surface area contributed by atoms with Crippen LogP contribution in [0.15, 0.2) is 10.9 Å². The first-order valence-electron chi connectivity index (χ1n) is 7.21. The van der Waals surface area contributed by atoms with E-state index in [1.165, 1.54) is 0 Å². The van der Waals surface area contributed by atoms with Gasteiger partial charge in [-0.15, -0.1) is 0 Å². The number of hydrogen-bond acceptors (Lipinski definition) is 3. The van der Waals surface area contributed by atoms with E-state index in [2.05, 4.69) is 10.3 Å². The zero-order chi connectivity index (χ0) is 15.4. The summed E-state index contributed by atoms with van der Waals surface area (Å²) in [4.78, 5) is 39.7. The molecule has 1 saturated heterocycles. The smallest absolute Gasteiger partial charge is 0.253 e. The Labute approximate surface area is 123 Å². The molecule has 21 heavy (non-hydrogen) atoms. The van der Waals surface area contributed by atoms with Gasteiger partial charge in [0.05, 0.1) is 6.54 Å². The van der Waals surface area contributed by atoms with Gasteiger partial charge in [-0.25, -0.2) is 0 Å². The predicted octanol–water partition coefficient (Wildman–Crippen LogP) is 0.620. The van der Waals surface area contributed by atoms with Crippen LogP contribution in [0.1, 0.15) is 36.1 Å². The van der Waals surface area contributed by atoms with Crippen LogP contribution in [-0.4, -0.2) is 34.8 Å². The number of pyridine rings is 1. The molecule has 0 unspecified atom stereocenters. The fourth-order valence-electron chi connectivity index (χ4n) is 2.55. The van der Waals surface area contributed by atoms with Crippen molar-refractivity contribution in [2.24, 2.45) is 0 Å². The number of carbonyl (C=O) groups excluding carboxylic acids is 2. The molecule has 1 aliphatic rings. The molecular weight excluding hydrogens is 270 g/mol. The van der Waals surface area contributed by atoms with Gasteiger partial charge in [-0.2, -0.15) is 0 Å². The van der Waals surface area contributed by atoms with Crippen molar-refractivity contribution in [3.63, 3.8) is 0 Å². The van der Waals surface area contributed by atoms with Crippen LogP contribution < -0.4 is 10.9 Å². The highest BCUT2D eigenvalue weighted by Crippen LogP contribution is 2.09. The number of nitrogens with one attached hydrogen (secondary N) is 2. The first-order chi connectivity index (χ1) is 9.97. The molecule has 0 saturated carbocycles. The number of likely N-dealkylation sites (tertiary alicyclic amines) is 1. The van der Waals surface area contributed by atoms with E-state index in [-0.39, 0.29) is 30.5 Å². The van der Waals surface area contributed by atoms with E-state index < -0.39 is 0 Å². The molecule has 2 N–H and O–H groups in total. The first kappa shape index (κ1) is 15.3. The van der Waals surface area contributed by atoms with E-state index in [4.69, 9.17) is 0 Å². The van der Waals surface area contributed by atoms with Gasteiger partial charge in [-0.05, 0) is 38.3 Å². The summed E-state index contributed by atoms with van der Waals surface area (Å²) in [5.74, 6) is -0.203. The summed E-state index contributed by atoms with van der Waals surface area (Å²) < 4.78 is 0. The van der Waals surface area contributed by atoms with Gasteiger partial charge in [-0.3, -0.25) is 14.4 Å². The number of aromatic nitrogens is 1. The molecule has 0 atom stereocenters. The zero-order valence-electron chi connectivity index (χ0n) is 12.5. The van der Waals surface area contributed by atoms with E-state index in [1.54, 1.807) is 4.90 Å². The van der Waals surface area contributed by atoms with E-state index in [1.807, 2.05) is 19.9 Å². The number of nitrogens with zero attached hydrogens (tertiary/aromatic N) is 1. The fourth-order valence-corrected chi connectivity index (χ4v) is 2.55. The second-order valence-corrected chi connectivity index (χ2v) is 5.49. The number of aryl methyl sites for hydroxylation is 2. The molecule has 6 heteroatoms. The van der Waals surface area contributed by atoms with Crippen molar-refractivity contribution >= 4 is 11.8 Å². The van der Waals surface area contributed by atoms with Crippen molar-refractivity contribution in [2.75, 3.05) is 13.1 Å². The average molecular weight is 291 g/mol. The van der Waals surface area contributed by atoms with E-state index in [0.29, 0.717) is 18.5 Å². The Morgan fingerprint density at radius 1 is 1.33 bits per heavy atom. The summed E-state index contributed by atoms with van der Waals surface area (Å²) >= 11 is 0. The first-order valence-corrected chi connectivity index (χ1v) is 7.21. The monoisotopic (exact) mass is 291 g/mol. The predicted molar refractivity (Wildman–Crippen MR) is 78.8 cm³/mol. The summed E-state index contributed by atoms with van der Waals surface area (Å²) in [6.45, 7) is 4.55. The van der Waals surface area contributed by atoms with Crippen molar-refractivity contribution in [2.45, 2.75) is 39.7 Å². The fraction of sp³-hybridized carbons (Fsp3) is 0.533. The number of carbonyl (C=O) groups is 2. The van der Waals surface area contributed by atoms with E-state index in [0.717, 1.165) is 24.1 Å². The van der Waals surface area contributed by atoms with Gasteiger partial charge in [0, 0.05) is 30.8 Å². The van der Waals surface area contributed by atoms with Crippen molar-refractivity contribution in [3.8, 4) is 0 Å². The SMILES string of the molecule is Cc1cc(C)c(CNC(=O)CN2CCCCC2=O)c(=O)[nH]1. The Kier molecular flexibility index (Phi) is 4.77. The van der Waals surface area contributed by atoms with Crippen LogP contribution in [0.3, 0.4) is 0 Å². The van der Waals surface area contributed by atoms with Gasteiger partial charge in [0.1, 0.15) is 0 Å². The molecule has 0 radical (unpaired) electrons. The Balaban J connectivity index is 1.92. The van der Waals surface area contributed by atoms with E-state index >= 15 is 0 Å². The maximum atomic E-state index is 11.9. The number of amides is 2. The summed E-state index contributed by atoms with van der Waals surface area (Å²) in [6, 6.07) is 1.87. The van der Waals surface area contributed by atoms with Crippen LogP contribution >= 0.6 is 0 Å². The lowest BCUT2D eigenvalue weighted by Crippen LogP contribution is -2.43. The van der Waals surface area contributed by atoms with Crippen molar-refractivity contribution in [3.05, 3.63) is 33.2 Å². The topological polar surface area (TPSA) is 82.3 Å². The van der Waals surface area contributed by atoms with Gasteiger partial charge < -0.3 is 15.2 Å². The van der Waals surface area contributed by atoms with Crippen LogP contribution in [-0.2, 0) is 16.1 Å². The summed E-state index contributed by atoms with van der Waals surface area (Å²) in [5.41, 5.74) is 2.03. The number of piperidine rings is 1. The average Bonchev–Trinajstić information content (AvgIpc) is 2.40.